The van der Waals surface area contributed by atoms with Crippen molar-refractivity contribution in [1.29, 1.82) is 0 Å². The monoisotopic (exact) mass is 560 g/mol. The number of thioether (sulfide) groups is 1. The molecule has 0 radical (unpaired) electrons. The first-order valence-electron chi connectivity index (χ1n) is 11.6. The Hall–Kier alpha value is -3.85. The van der Waals surface area contributed by atoms with Gasteiger partial charge in [-0.3, -0.25) is 9.59 Å². The van der Waals surface area contributed by atoms with Crippen LogP contribution in [0.15, 0.2) is 45.4 Å². The normalized spacial score (nSPS) is 24.9. The molecule has 0 aliphatic carbocycles. The molecule has 0 saturated carbocycles. The molecule has 3 aliphatic heterocycles. The maximum Gasteiger partial charge on any atom is 0.348 e. The Balaban J connectivity index is 1.26. The maximum atomic E-state index is 13.3. The molecule has 3 saturated heterocycles. The lowest BCUT2D eigenvalue weighted by Crippen LogP contribution is -2.71. The highest BCUT2D eigenvalue weighted by Gasteiger charge is 2.64. The summed E-state index contributed by atoms with van der Waals surface area (Å²) >= 11 is 2.53. The molecule has 15 heteroatoms. The summed E-state index contributed by atoms with van der Waals surface area (Å²) in [6.45, 7) is 3.69. The van der Waals surface area contributed by atoms with Gasteiger partial charge in [0.15, 0.2) is 0 Å². The number of nitrogens with zero attached hydrogens (tertiary/aromatic N) is 4. The summed E-state index contributed by atoms with van der Waals surface area (Å²) in [4.78, 5) is 66.4. The molecule has 0 aromatic carbocycles. The van der Waals surface area contributed by atoms with Crippen LogP contribution < -0.4 is 10.6 Å². The van der Waals surface area contributed by atoms with E-state index in [1.54, 1.807) is 43.5 Å². The molecule has 3 aliphatic rings. The molecule has 2 aromatic heterocycles. The zero-order valence-electron chi connectivity index (χ0n) is 20.3. The van der Waals surface area contributed by atoms with E-state index in [9.17, 15) is 29.1 Å². The Morgan fingerprint density at radius 3 is 2.68 bits per heavy atom. The number of fused-ring (bicyclic) bond motifs is 1. The topological polar surface area (TPSA) is 165 Å². The molecule has 38 heavy (non-hydrogen) atoms. The van der Waals surface area contributed by atoms with Crippen LogP contribution in [0.1, 0.15) is 30.5 Å². The van der Waals surface area contributed by atoms with E-state index in [0.29, 0.717) is 10.6 Å². The van der Waals surface area contributed by atoms with Crippen LogP contribution in [0.2, 0.25) is 0 Å². The summed E-state index contributed by atoms with van der Waals surface area (Å²) in [6.07, 6.45) is 2.82. The minimum Gasteiger partial charge on any atom is -0.480 e. The molecule has 1 unspecified atom stereocenters. The number of carboxylic acid groups (broad SMARTS) is 1. The Morgan fingerprint density at radius 2 is 2.03 bits per heavy atom. The lowest BCUT2D eigenvalue weighted by Gasteiger charge is -2.43. The molecule has 13 nitrogen and oxygen atoms in total. The second kappa shape index (κ2) is 9.79. The molecular formula is C23H24N6O7S2. The van der Waals surface area contributed by atoms with Crippen molar-refractivity contribution in [3.8, 4) is 0 Å². The number of imide groups is 1. The van der Waals surface area contributed by atoms with Crippen molar-refractivity contribution in [3.05, 3.63) is 46.5 Å². The number of furan rings is 1. The molecule has 0 spiro atoms. The van der Waals surface area contributed by atoms with Gasteiger partial charge in [-0.05, 0) is 37.4 Å². The van der Waals surface area contributed by atoms with Crippen molar-refractivity contribution < 1.29 is 33.5 Å². The minimum absolute atomic E-state index is 0.0549. The minimum atomic E-state index is -1.17. The Labute approximate surface area is 224 Å². The van der Waals surface area contributed by atoms with E-state index in [1.165, 1.54) is 40.5 Å². The highest BCUT2D eigenvalue weighted by atomic mass is 32.2. The fraction of sp³-hybridized carbons (Fsp3) is 0.391. The third-order valence-corrected chi connectivity index (χ3v) is 8.94. The van der Waals surface area contributed by atoms with Gasteiger partial charge in [0.25, 0.3) is 0 Å². The van der Waals surface area contributed by atoms with Crippen molar-refractivity contribution in [1.82, 2.24) is 25.4 Å². The van der Waals surface area contributed by atoms with Gasteiger partial charge in [-0.25, -0.2) is 24.3 Å². The van der Waals surface area contributed by atoms with E-state index >= 15 is 0 Å². The summed E-state index contributed by atoms with van der Waals surface area (Å²) in [6, 6.07) is 2.14. The molecule has 6 amide bonds. The Morgan fingerprint density at radius 1 is 1.24 bits per heavy atom. The zero-order valence-corrected chi connectivity index (χ0v) is 21.9. The molecule has 5 heterocycles. The van der Waals surface area contributed by atoms with Crippen LogP contribution in [0.4, 0.5) is 9.59 Å². The number of carbonyl (C=O) groups is 5. The van der Waals surface area contributed by atoms with E-state index < -0.39 is 58.1 Å². The molecular weight excluding hydrogens is 536 g/mol. The summed E-state index contributed by atoms with van der Waals surface area (Å²) in [5.74, 6) is -1.80. The highest BCUT2D eigenvalue weighted by molar-refractivity contribution is 8.01. The summed E-state index contributed by atoms with van der Waals surface area (Å²) in [7, 11) is 0. The fourth-order valence-electron chi connectivity index (χ4n) is 4.62. The highest BCUT2D eigenvalue weighted by Crippen LogP contribution is 2.50. The standard InChI is InChI=1S/C23H24N6O7S2/c1-23(2)16(20(32)33)29-18(31)15(19(29)38-23)25-17(30)14(13-6-4-10-37-13)26-21(34)27-7-8-28(22(27)35)24-11-12-5-3-9-36-12/h3-6,9-11,14-16,19H,7-8H2,1-2H3,(H,25,30)(H,26,34)(H,32,33)/t14?,15-,16+,19-/m1/s1. The van der Waals surface area contributed by atoms with Gasteiger partial charge >= 0.3 is 18.0 Å². The molecule has 3 fully saturated rings. The van der Waals surface area contributed by atoms with Crippen molar-refractivity contribution in [2.24, 2.45) is 5.10 Å². The van der Waals surface area contributed by atoms with Gasteiger partial charge in [0, 0.05) is 9.62 Å². The first-order chi connectivity index (χ1) is 18.1. The van der Waals surface area contributed by atoms with E-state index in [2.05, 4.69) is 15.7 Å². The number of hydrogen-bond donors (Lipinski definition) is 3. The largest absolute Gasteiger partial charge is 0.480 e. The van der Waals surface area contributed by atoms with Crippen LogP contribution in [0.5, 0.6) is 0 Å². The smallest absolute Gasteiger partial charge is 0.348 e. The van der Waals surface area contributed by atoms with Crippen LogP contribution in [0.3, 0.4) is 0 Å². The average molecular weight is 561 g/mol. The van der Waals surface area contributed by atoms with Gasteiger partial charge in [-0.2, -0.15) is 5.10 Å². The van der Waals surface area contributed by atoms with Gasteiger partial charge in [0.1, 0.15) is 29.3 Å². The number of carbonyl (C=O) groups excluding carboxylic acids is 4. The lowest BCUT2D eigenvalue weighted by molar-refractivity contribution is -0.161. The van der Waals surface area contributed by atoms with Crippen LogP contribution in [-0.4, -0.2) is 91.3 Å². The number of amides is 6. The first kappa shape index (κ1) is 25.8. The van der Waals surface area contributed by atoms with E-state index in [-0.39, 0.29) is 13.1 Å². The van der Waals surface area contributed by atoms with Crippen LogP contribution >= 0.6 is 23.1 Å². The third-order valence-electron chi connectivity index (χ3n) is 6.43. The third kappa shape index (κ3) is 4.51. The fourth-order valence-corrected chi connectivity index (χ4v) is 7.02. The van der Waals surface area contributed by atoms with Crippen molar-refractivity contribution in [3.63, 3.8) is 0 Å². The average Bonchev–Trinajstić information content (AvgIpc) is 3.66. The number of nitrogens with one attached hydrogen (secondary N) is 2. The summed E-state index contributed by atoms with van der Waals surface area (Å²) < 4.78 is 4.41. The SMILES string of the molecule is CC1(C)S[C@@H]2[C@H](NC(=O)C(NC(=O)N3CCN(N=Cc4ccco4)C3=O)c3cccs3)C(=O)N2[C@H]1C(=O)O. The van der Waals surface area contributed by atoms with E-state index in [1.807, 2.05) is 0 Å². The van der Waals surface area contributed by atoms with Crippen molar-refractivity contribution in [2.45, 2.75) is 42.1 Å². The number of thiophene rings is 1. The number of hydrazone groups is 1. The zero-order chi connectivity index (χ0) is 27.2. The predicted octanol–water partition coefficient (Wildman–Crippen LogP) is 1.50. The molecule has 4 atom stereocenters. The van der Waals surface area contributed by atoms with Crippen molar-refractivity contribution >= 4 is 59.2 Å². The van der Waals surface area contributed by atoms with Gasteiger partial charge in [0.05, 0.1) is 25.6 Å². The van der Waals surface area contributed by atoms with Gasteiger partial charge in [0.2, 0.25) is 11.8 Å². The number of β-lactam (4-membered cyclic amide) rings is 1. The van der Waals surface area contributed by atoms with Crippen LogP contribution in [0.25, 0.3) is 0 Å². The van der Waals surface area contributed by atoms with Crippen molar-refractivity contribution in [2.75, 3.05) is 13.1 Å². The predicted molar refractivity (Wildman–Crippen MR) is 136 cm³/mol. The second-order valence-corrected chi connectivity index (χ2v) is 12.0. The number of hydrogen-bond acceptors (Lipinski definition) is 9. The molecule has 3 N–H and O–H groups in total. The lowest BCUT2D eigenvalue weighted by atomic mass is 9.96. The van der Waals surface area contributed by atoms with Gasteiger partial charge in [-0.15, -0.1) is 23.1 Å². The molecule has 2 aromatic rings. The number of carboxylic acids is 1. The number of rotatable bonds is 7. The van der Waals surface area contributed by atoms with Gasteiger partial charge < -0.3 is 25.1 Å². The summed E-state index contributed by atoms with van der Waals surface area (Å²) in [5.41, 5.74) is 0. The first-order valence-corrected chi connectivity index (χ1v) is 13.4. The van der Waals surface area contributed by atoms with Gasteiger partial charge in [-0.1, -0.05) is 6.07 Å². The van der Waals surface area contributed by atoms with Crippen LogP contribution in [-0.2, 0) is 14.4 Å². The maximum absolute atomic E-state index is 13.3. The summed E-state index contributed by atoms with van der Waals surface area (Å²) in [5, 5.41) is 21.2. The van der Waals surface area contributed by atoms with Crippen LogP contribution in [0, 0.1) is 0 Å². The van der Waals surface area contributed by atoms with E-state index in [4.69, 9.17) is 4.42 Å². The Bertz CT molecular complexity index is 1300. The quantitative estimate of drug-likeness (QED) is 0.339. The molecule has 5 rings (SSSR count). The molecule has 200 valence electrons. The number of urea groups is 2. The number of aliphatic carboxylic acids is 1. The Kier molecular flexibility index (Phi) is 6.65. The molecule has 0 bridgehead atoms. The second-order valence-electron chi connectivity index (χ2n) is 9.30. The van der Waals surface area contributed by atoms with E-state index in [0.717, 1.165) is 9.91 Å².